The van der Waals surface area contributed by atoms with Crippen molar-refractivity contribution in [1.29, 1.82) is 5.26 Å². The summed E-state index contributed by atoms with van der Waals surface area (Å²) >= 11 is 0. The van der Waals surface area contributed by atoms with Crippen LogP contribution in [0.25, 0.3) is 0 Å². The summed E-state index contributed by atoms with van der Waals surface area (Å²) in [6.45, 7) is 3.84. The minimum absolute atomic E-state index is 0.469. The average Bonchev–Trinajstić information content (AvgIpc) is 2.46. The molecule has 2 rings (SSSR count). The van der Waals surface area contributed by atoms with Gasteiger partial charge in [0.15, 0.2) is 0 Å². The first-order chi connectivity index (χ1) is 8.83. The van der Waals surface area contributed by atoms with E-state index in [9.17, 15) is 0 Å². The average molecular weight is 237 g/mol. The summed E-state index contributed by atoms with van der Waals surface area (Å²) in [5, 5.41) is 8.84. The molecule has 0 aliphatic carbocycles. The summed E-state index contributed by atoms with van der Waals surface area (Å²) in [4.78, 5) is 6.24. The van der Waals surface area contributed by atoms with Crippen LogP contribution < -0.4 is 4.90 Å². The summed E-state index contributed by atoms with van der Waals surface area (Å²) in [6, 6.07) is 16.1. The molecule has 1 heterocycles. The molecule has 3 heteroatoms. The maximum atomic E-state index is 8.84. The van der Waals surface area contributed by atoms with Gasteiger partial charge in [0, 0.05) is 25.0 Å². The van der Waals surface area contributed by atoms with Crippen molar-refractivity contribution in [3.8, 4) is 6.07 Å². The van der Waals surface area contributed by atoms with E-state index in [-0.39, 0.29) is 0 Å². The SMILES string of the molecule is CCN(Cc1ccnc(C#N)c1)c1ccccc1. The number of hydrogen-bond acceptors (Lipinski definition) is 3. The fourth-order valence-corrected chi connectivity index (χ4v) is 1.88. The van der Waals surface area contributed by atoms with Gasteiger partial charge < -0.3 is 4.90 Å². The third kappa shape index (κ3) is 2.86. The molecule has 0 amide bonds. The summed E-state index contributed by atoms with van der Waals surface area (Å²) in [5.41, 5.74) is 2.76. The number of nitriles is 1. The second-order valence-corrected chi connectivity index (χ2v) is 4.01. The molecule has 0 aliphatic heterocycles. The lowest BCUT2D eigenvalue weighted by Gasteiger charge is -2.23. The Labute approximate surface area is 107 Å². The first-order valence-corrected chi connectivity index (χ1v) is 5.98. The number of hydrogen-bond donors (Lipinski definition) is 0. The van der Waals surface area contributed by atoms with Crippen LogP contribution in [0, 0.1) is 11.3 Å². The van der Waals surface area contributed by atoms with Crippen LogP contribution in [0.1, 0.15) is 18.2 Å². The van der Waals surface area contributed by atoms with Gasteiger partial charge in [-0.2, -0.15) is 5.26 Å². The lowest BCUT2D eigenvalue weighted by molar-refractivity contribution is 0.830. The van der Waals surface area contributed by atoms with Crippen LogP contribution in [0.2, 0.25) is 0 Å². The van der Waals surface area contributed by atoms with Gasteiger partial charge in [0.1, 0.15) is 11.8 Å². The molecule has 0 saturated carbocycles. The minimum Gasteiger partial charge on any atom is -0.367 e. The number of benzene rings is 1. The second kappa shape index (κ2) is 5.83. The topological polar surface area (TPSA) is 39.9 Å². The smallest absolute Gasteiger partial charge is 0.140 e. The molecule has 0 bridgehead atoms. The Kier molecular flexibility index (Phi) is 3.93. The van der Waals surface area contributed by atoms with Gasteiger partial charge in [0.25, 0.3) is 0 Å². The standard InChI is InChI=1S/C15H15N3/c1-2-18(15-6-4-3-5-7-15)12-13-8-9-17-14(10-13)11-16/h3-10H,2,12H2,1H3. The molecular weight excluding hydrogens is 222 g/mol. The van der Waals surface area contributed by atoms with Crippen molar-refractivity contribution in [2.45, 2.75) is 13.5 Å². The van der Waals surface area contributed by atoms with Crippen molar-refractivity contribution in [1.82, 2.24) is 4.98 Å². The van der Waals surface area contributed by atoms with Gasteiger partial charge >= 0.3 is 0 Å². The van der Waals surface area contributed by atoms with E-state index >= 15 is 0 Å². The number of nitrogens with zero attached hydrogens (tertiary/aromatic N) is 3. The largest absolute Gasteiger partial charge is 0.367 e. The third-order valence-electron chi connectivity index (χ3n) is 2.82. The van der Waals surface area contributed by atoms with Crippen LogP contribution in [0.15, 0.2) is 48.7 Å². The monoisotopic (exact) mass is 237 g/mol. The van der Waals surface area contributed by atoms with Gasteiger partial charge in [0.05, 0.1) is 0 Å². The molecule has 0 radical (unpaired) electrons. The maximum Gasteiger partial charge on any atom is 0.140 e. The maximum absolute atomic E-state index is 8.84. The zero-order chi connectivity index (χ0) is 12.8. The highest BCUT2D eigenvalue weighted by Gasteiger charge is 2.05. The number of anilines is 1. The Morgan fingerprint density at radius 3 is 2.67 bits per heavy atom. The summed E-state index contributed by atoms with van der Waals surface area (Å²) < 4.78 is 0. The fourth-order valence-electron chi connectivity index (χ4n) is 1.88. The van der Waals surface area contributed by atoms with E-state index in [0.717, 1.165) is 18.7 Å². The molecule has 0 aliphatic rings. The predicted molar refractivity (Wildman–Crippen MR) is 72.1 cm³/mol. The van der Waals surface area contributed by atoms with Crippen LogP contribution in [0.5, 0.6) is 0 Å². The van der Waals surface area contributed by atoms with Crippen molar-refractivity contribution in [3.05, 3.63) is 59.9 Å². The van der Waals surface area contributed by atoms with Gasteiger partial charge in [-0.05, 0) is 36.8 Å². The third-order valence-corrected chi connectivity index (χ3v) is 2.82. The first-order valence-electron chi connectivity index (χ1n) is 5.98. The summed E-state index contributed by atoms with van der Waals surface area (Å²) in [5.74, 6) is 0. The zero-order valence-electron chi connectivity index (χ0n) is 10.4. The number of pyridine rings is 1. The highest BCUT2D eigenvalue weighted by Crippen LogP contribution is 2.16. The lowest BCUT2D eigenvalue weighted by atomic mass is 10.2. The molecule has 1 aromatic carbocycles. The summed E-state index contributed by atoms with van der Waals surface area (Å²) in [6.07, 6.45) is 1.69. The Morgan fingerprint density at radius 1 is 1.22 bits per heavy atom. The van der Waals surface area contributed by atoms with E-state index < -0.39 is 0 Å². The van der Waals surface area contributed by atoms with Crippen molar-refractivity contribution in [3.63, 3.8) is 0 Å². The molecule has 90 valence electrons. The van der Waals surface area contributed by atoms with Crippen LogP contribution in [-0.2, 0) is 6.54 Å². The molecule has 2 aromatic rings. The zero-order valence-corrected chi connectivity index (χ0v) is 10.4. The van der Waals surface area contributed by atoms with E-state index in [0.29, 0.717) is 5.69 Å². The van der Waals surface area contributed by atoms with E-state index in [4.69, 9.17) is 5.26 Å². The van der Waals surface area contributed by atoms with Crippen LogP contribution in [-0.4, -0.2) is 11.5 Å². The van der Waals surface area contributed by atoms with E-state index in [1.807, 2.05) is 30.3 Å². The van der Waals surface area contributed by atoms with Gasteiger partial charge in [0.2, 0.25) is 0 Å². The van der Waals surface area contributed by atoms with Crippen molar-refractivity contribution >= 4 is 5.69 Å². The Hall–Kier alpha value is -2.34. The highest BCUT2D eigenvalue weighted by molar-refractivity contribution is 5.46. The molecule has 0 fully saturated rings. The highest BCUT2D eigenvalue weighted by atomic mass is 15.1. The molecule has 0 saturated heterocycles. The fraction of sp³-hybridized carbons (Fsp3) is 0.200. The number of rotatable bonds is 4. The van der Waals surface area contributed by atoms with Crippen LogP contribution in [0.4, 0.5) is 5.69 Å². The first kappa shape index (κ1) is 12.1. The van der Waals surface area contributed by atoms with Gasteiger partial charge in [-0.15, -0.1) is 0 Å². The van der Waals surface area contributed by atoms with Crippen LogP contribution in [0.3, 0.4) is 0 Å². The van der Waals surface area contributed by atoms with Crippen LogP contribution >= 0.6 is 0 Å². The Bertz CT molecular complexity index is 543. The van der Waals surface area contributed by atoms with E-state index in [2.05, 4.69) is 35.0 Å². The van der Waals surface area contributed by atoms with E-state index in [1.165, 1.54) is 5.69 Å². The van der Waals surface area contributed by atoms with Gasteiger partial charge in [-0.1, -0.05) is 18.2 Å². The van der Waals surface area contributed by atoms with Gasteiger partial charge in [-0.25, -0.2) is 4.98 Å². The predicted octanol–water partition coefficient (Wildman–Crippen LogP) is 2.98. The van der Waals surface area contributed by atoms with Crippen molar-refractivity contribution in [2.24, 2.45) is 0 Å². The van der Waals surface area contributed by atoms with Crippen molar-refractivity contribution in [2.75, 3.05) is 11.4 Å². The Morgan fingerprint density at radius 2 is 2.00 bits per heavy atom. The Balaban J connectivity index is 2.18. The van der Waals surface area contributed by atoms with E-state index in [1.54, 1.807) is 6.20 Å². The number of para-hydroxylation sites is 1. The quantitative estimate of drug-likeness (QED) is 0.820. The van der Waals surface area contributed by atoms with Gasteiger partial charge in [-0.3, -0.25) is 0 Å². The number of aromatic nitrogens is 1. The molecule has 0 unspecified atom stereocenters. The molecule has 0 N–H and O–H groups in total. The minimum atomic E-state index is 0.469. The molecule has 3 nitrogen and oxygen atoms in total. The van der Waals surface area contributed by atoms with Crippen molar-refractivity contribution < 1.29 is 0 Å². The lowest BCUT2D eigenvalue weighted by Crippen LogP contribution is -2.21. The molecule has 0 atom stereocenters. The molecule has 0 spiro atoms. The molecule has 1 aromatic heterocycles. The molecule has 18 heavy (non-hydrogen) atoms. The molecular formula is C15H15N3. The summed E-state index contributed by atoms with van der Waals surface area (Å²) in [7, 11) is 0. The normalized spacial score (nSPS) is 9.78. The second-order valence-electron chi connectivity index (χ2n) is 4.01.